The predicted molar refractivity (Wildman–Crippen MR) is 74.7 cm³/mol. The number of thioether (sulfide) groups is 1. The van der Waals surface area contributed by atoms with E-state index < -0.39 is 17.2 Å². The van der Waals surface area contributed by atoms with Crippen molar-refractivity contribution in [2.45, 2.75) is 42.8 Å². The predicted octanol–water partition coefficient (Wildman–Crippen LogP) is -0.212. The van der Waals surface area contributed by atoms with Crippen molar-refractivity contribution in [3.05, 3.63) is 0 Å². The lowest BCUT2D eigenvalue weighted by Crippen LogP contribution is -2.41. The molecular formula is C11H18N6O3S. The number of rotatable bonds is 5. The van der Waals surface area contributed by atoms with Crippen LogP contribution in [0.1, 0.15) is 19.8 Å². The number of urea groups is 1. The third kappa shape index (κ3) is 4.39. The van der Waals surface area contributed by atoms with Crippen molar-refractivity contribution in [2.75, 3.05) is 13.7 Å². The second-order valence-corrected chi connectivity index (χ2v) is 5.92. The fourth-order valence-electron chi connectivity index (χ4n) is 1.86. The first-order valence-electron chi connectivity index (χ1n) is 6.67. The summed E-state index contributed by atoms with van der Waals surface area (Å²) in [5, 5.41) is 16.0. The van der Waals surface area contributed by atoms with E-state index in [-0.39, 0.29) is 6.10 Å². The van der Waals surface area contributed by atoms with Crippen molar-refractivity contribution in [3.8, 4) is 0 Å². The smallest absolute Gasteiger partial charge is 0.321 e. The molecule has 0 aliphatic carbocycles. The highest BCUT2D eigenvalue weighted by Crippen LogP contribution is 2.22. The number of amides is 3. The molecule has 0 bridgehead atoms. The minimum atomic E-state index is -0.536. The lowest BCUT2D eigenvalue weighted by atomic mass is 10.2. The molecule has 2 N–H and O–H groups in total. The van der Waals surface area contributed by atoms with Crippen molar-refractivity contribution < 1.29 is 14.3 Å². The number of imide groups is 1. The summed E-state index contributed by atoms with van der Waals surface area (Å²) in [5.74, 6) is -0.397. The van der Waals surface area contributed by atoms with E-state index in [0.717, 1.165) is 19.4 Å². The molecule has 1 aliphatic heterocycles. The molecule has 21 heavy (non-hydrogen) atoms. The number of aromatic nitrogens is 4. The summed E-state index contributed by atoms with van der Waals surface area (Å²) in [4.78, 5) is 22.9. The van der Waals surface area contributed by atoms with E-state index in [1.54, 1.807) is 11.6 Å². The number of tetrazole rings is 1. The Kier molecular flexibility index (Phi) is 5.51. The first-order chi connectivity index (χ1) is 10.1. The van der Waals surface area contributed by atoms with Crippen LogP contribution in [0.5, 0.6) is 0 Å². The van der Waals surface area contributed by atoms with Crippen LogP contribution in [0.25, 0.3) is 0 Å². The molecule has 0 saturated carbocycles. The topological polar surface area (TPSA) is 111 Å². The van der Waals surface area contributed by atoms with Crippen LogP contribution in [0.3, 0.4) is 0 Å². The van der Waals surface area contributed by atoms with Gasteiger partial charge in [-0.15, -0.1) is 5.10 Å². The maximum absolute atomic E-state index is 11.8. The molecule has 9 nitrogen and oxygen atoms in total. The molecule has 10 heteroatoms. The molecule has 1 aromatic heterocycles. The van der Waals surface area contributed by atoms with Gasteiger partial charge in [0.05, 0.1) is 17.9 Å². The van der Waals surface area contributed by atoms with Gasteiger partial charge in [-0.1, -0.05) is 11.8 Å². The van der Waals surface area contributed by atoms with E-state index in [0.29, 0.717) is 11.7 Å². The summed E-state index contributed by atoms with van der Waals surface area (Å²) < 4.78 is 7.17. The Hall–Kier alpha value is -1.68. The first-order valence-corrected chi connectivity index (χ1v) is 7.55. The van der Waals surface area contributed by atoms with Gasteiger partial charge in [-0.3, -0.25) is 10.1 Å². The van der Waals surface area contributed by atoms with E-state index >= 15 is 0 Å². The zero-order valence-electron chi connectivity index (χ0n) is 11.9. The third-order valence-corrected chi connectivity index (χ3v) is 4.09. The monoisotopic (exact) mass is 314 g/mol. The van der Waals surface area contributed by atoms with Crippen LogP contribution in [0, 0.1) is 0 Å². The van der Waals surface area contributed by atoms with Gasteiger partial charge in [0.25, 0.3) is 0 Å². The molecule has 0 aromatic carbocycles. The standard InChI is InChI=1S/C11H18N6O3S/c1-7(9(18)13-10(19)12-2)21-11-14-15-16-17(11)6-8-4-3-5-20-8/h7-8H,3-6H2,1-2H3,(H2,12,13,18,19)/t7-,8-/m1/s1. The number of carbonyl (C=O) groups excluding carboxylic acids is 2. The molecule has 1 saturated heterocycles. The second-order valence-electron chi connectivity index (χ2n) is 4.61. The number of ether oxygens (including phenoxy) is 1. The Balaban J connectivity index is 1.91. The summed E-state index contributed by atoms with van der Waals surface area (Å²) in [6.07, 6.45) is 2.14. The third-order valence-electron chi connectivity index (χ3n) is 3.01. The molecule has 1 fully saturated rings. The molecule has 2 atom stereocenters. The van der Waals surface area contributed by atoms with E-state index in [1.165, 1.54) is 18.8 Å². The van der Waals surface area contributed by atoms with E-state index in [4.69, 9.17) is 4.74 Å². The average Bonchev–Trinajstić information content (AvgIpc) is 3.11. The van der Waals surface area contributed by atoms with Crippen LogP contribution in [0.4, 0.5) is 4.79 Å². The summed E-state index contributed by atoms with van der Waals surface area (Å²) in [6.45, 7) is 3.02. The van der Waals surface area contributed by atoms with Crippen LogP contribution in [0.2, 0.25) is 0 Å². The molecule has 3 amide bonds. The highest BCUT2D eigenvalue weighted by molar-refractivity contribution is 8.00. The normalized spacial score (nSPS) is 19.2. The van der Waals surface area contributed by atoms with Gasteiger partial charge in [0, 0.05) is 13.7 Å². The second kappa shape index (κ2) is 7.36. The van der Waals surface area contributed by atoms with Gasteiger partial charge in [-0.2, -0.15) is 0 Å². The Morgan fingerprint density at radius 3 is 3.05 bits per heavy atom. The number of carbonyl (C=O) groups is 2. The molecule has 0 unspecified atom stereocenters. The molecule has 1 aromatic rings. The van der Waals surface area contributed by atoms with Crippen LogP contribution >= 0.6 is 11.8 Å². The summed E-state index contributed by atoms with van der Waals surface area (Å²) in [6, 6.07) is -0.536. The fourth-order valence-corrected chi connectivity index (χ4v) is 2.66. The zero-order chi connectivity index (χ0) is 15.2. The highest BCUT2D eigenvalue weighted by atomic mass is 32.2. The number of hydrogen-bond donors (Lipinski definition) is 2. The lowest BCUT2D eigenvalue weighted by Gasteiger charge is -2.12. The number of nitrogens with one attached hydrogen (secondary N) is 2. The van der Waals surface area contributed by atoms with Gasteiger partial charge in [0.2, 0.25) is 11.1 Å². The molecule has 2 heterocycles. The maximum Gasteiger partial charge on any atom is 0.321 e. The number of nitrogens with zero attached hydrogens (tertiary/aromatic N) is 4. The molecule has 1 aliphatic rings. The molecule has 2 rings (SSSR count). The van der Waals surface area contributed by atoms with Crippen LogP contribution in [0.15, 0.2) is 5.16 Å². The van der Waals surface area contributed by atoms with Gasteiger partial charge in [-0.25, -0.2) is 9.48 Å². The Labute approximate surface area is 126 Å². The van der Waals surface area contributed by atoms with E-state index in [9.17, 15) is 9.59 Å². The SMILES string of the molecule is CNC(=O)NC(=O)[C@@H](C)Sc1nnnn1C[C@H]1CCCO1. The average molecular weight is 314 g/mol. The Bertz CT molecular complexity index is 502. The minimum absolute atomic E-state index is 0.114. The summed E-state index contributed by atoms with van der Waals surface area (Å²) in [5.41, 5.74) is 0. The number of hydrogen-bond acceptors (Lipinski definition) is 7. The van der Waals surface area contributed by atoms with Crippen molar-refractivity contribution in [2.24, 2.45) is 0 Å². The van der Waals surface area contributed by atoms with Crippen LogP contribution in [-0.4, -0.2) is 57.2 Å². The van der Waals surface area contributed by atoms with E-state index in [2.05, 4.69) is 26.2 Å². The largest absolute Gasteiger partial charge is 0.376 e. The zero-order valence-corrected chi connectivity index (χ0v) is 12.7. The van der Waals surface area contributed by atoms with Gasteiger partial charge >= 0.3 is 6.03 Å². The van der Waals surface area contributed by atoms with Crippen molar-refractivity contribution in [1.29, 1.82) is 0 Å². The van der Waals surface area contributed by atoms with Crippen LogP contribution in [-0.2, 0) is 16.1 Å². The maximum atomic E-state index is 11.8. The summed E-state index contributed by atoms with van der Waals surface area (Å²) >= 11 is 1.20. The lowest BCUT2D eigenvalue weighted by molar-refractivity contribution is -0.119. The molecular weight excluding hydrogens is 296 g/mol. The fraction of sp³-hybridized carbons (Fsp3) is 0.727. The van der Waals surface area contributed by atoms with Gasteiger partial charge in [-0.05, 0) is 30.2 Å². The molecule has 116 valence electrons. The quantitative estimate of drug-likeness (QED) is 0.723. The minimum Gasteiger partial charge on any atom is -0.376 e. The van der Waals surface area contributed by atoms with Crippen molar-refractivity contribution in [3.63, 3.8) is 0 Å². The first kappa shape index (κ1) is 15.7. The van der Waals surface area contributed by atoms with Crippen LogP contribution < -0.4 is 10.6 Å². The van der Waals surface area contributed by atoms with Gasteiger partial charge in [0.1, 0.15) is 0 Å². The highest BCUT2D eigenvalue weighted by Gasteiger charge is 2.22. The summed E-state index contributed by atoms with van der Waals surface area (Å²) in [7, 11) is 1.45. The Morgan fingerprint density at radius 2 is 2.38 bits per heavy atom. The Morgan fingerprint density at radius 1 is 1.57 bits per heavy atom. The van der Waals surface area contributed by atoms with Gasteiger partial charge < -0.3 is 10.1 Å². The molecule has 0 radical (unpaired) electrons. The van der Waals surface area contributed by atoms with Crippen molar-refractivity contribution >= 4 is 23.7 Å². The molecule has 0 spiro atoms. The van der Waals surface area contributed by atoms with Crippen molar-refractivity contribution in [1.82, 2.24) is 30.8 Å². The van der Waals surface area contributed by atoms with E-state index in [1.807, 2.05) is 0 Å². The van der Waals surface area contributed by atoms with Gasteiger partial charge in [0.15, 0.2) is 0 Å².